The summed E-state index contributed by atoms with van der Waals surface area (Å²) in [5, 5.41) is 15.4. The van der Waals surface area contributed by atoms with Crippen LogP contribution in [0.2, 0.25) is 5.02 Å². The van der Waals surface area contributed by atoms with E-state index >= 15 is 0 Å². The molecule has 28 heavy (non-hydrogen) atoms. The topological polar surface area (TPSA) is 93.2 Å². The summed E-state index contributed by atoms with van der Waals surface area (Å²) < 4.78 is 5.72. The lowest BCUT2D eigenvalue weighted by Crippen LogP contribution is -2.56. The van der Waals surface area contributed by atoms with Crippen molar-refractivity contribution in [2.45, 2.75) is 58.0 Å². The molecule has 0 saturated heterocycles. The zero-order valence-electron chi connectivity index (χ0n) is 16.0. The van der Waals surface area contributed by atoms with Crippen LogP contribution in [0.5, 0.6) is 5.75 Å². The lowest BCUT2D eigenvalue weighted by molar-refractivity contribution is -0.143. The Morgan fingerprint density at radius 1 is 1.39 bits per heavy atom. The van der Waals surface area contributed by atoms with Crippen molar-refractivity contribution in [3.05, 3.63) is 28.2 Å². The third-order valence-corrected chi connectivity index (χ3v) is 6.02. The van der Waals surface area contributed by atoms with Crippen LogP contribution in [0.4, 0.5) is 10.8 Å². The second-order valence-electron chi connectivity index (χ2n) is 6.88. The largest absolute Gasteiger partial charge is 0.466 e. The number of aromatic nitrogens is 2. The lowest BCUT2D eigenvalue weighted by Gasteiger charge is -2.32. The van der Waals surface area contributed by atoms with Gasteiger partial charge in [0.2, 0.25) is 5.13 Å². The van der Waals surface area contributed by atoms with Gasteiger partial charge in [-0.1, -0.05) is 49.6 Å². The molecule has 2 heterocycles. The van der Waals surface area contributed by atoms with E-state index in [4.69, 9.17) is 16.3 Å². The zero-order valence-corrected chi connectivity index (χ0v) is 17.6. The molecule has 1 aliphatic rings. The summed E-state index contributed by atoms with van der Waals surface area (Å²) in [4.78, 5) is 25.3. The first-order chi connectivity index (χ1) is 13.4. The van der Waals surface area contributed by atoms with Gasteiger partial charge < -0.3 is 10.1 Å². The fraction of sp³-hybridized carbons (Fsp3) is 0.474. The smallest absolute Gasteiger partial charge is 0.280 e. The molecule has 1 aromatic heterocycles. The molecule has 0 saturated carbocycles. The van der Waals surface area contributed by atoms with Crippen LogP contribution in [0, 0.1) is 0 Å². The van der Waals surface area contributed by atoms with Gasteiger partial charge in [-0.2, -0.15) is 0 Å². The first-order valence-electron chi connectivity index (χ1n) is 9.32. The van der Waals surface area contributed by atoms with Gasteiger partial charge in [-0.15, -0.1) is 10.2 Å². The molecule has 0 fully saturated rings. The number of unbranched alkanes of at least 4 members (excludes halogenated alkanes) is 1. The Morgan fingerprint density at radius 3 is 2.89 bits per heavy atom. The number of hydrogen-bond donors (Lipinski definition) is 2. The predicted molar refractivity (Wildman–Crippen MR) is 110 cm³/mol. The van der Waals surface area contributed by atoms with Gasteiger partial charge in [0.1, 0.15) is 10.8 Å². The molecule has 2 unspecified atom stereocenters. The Labute approximate surface area is 172 Å². The predicted octanol–water partition coefficient (Wildman–Crippen LogP) is 4.60. The number of anilines is 2. The van der Waals surface area contributed by atoms with Crippen LogP contribution < -0.4 is 15.4 Å². The maximum Gasteiger partial charge on any atom is 0.280 e. The Kier molecular flexibility index (Phi) is 6.20. The molecule has 0 spiro atoms. The monoisotopic (exact) mass is 422 g/mol. The Hall–Kier alpha value is -2.19. The maximum atomic E-state index is 12.8. The number of rotatable bonds is 7. The molecular formula is C19H23ClN4O3S. The number of carbonyl (C=O) groups excluding carboxylic acids is 2. The minimum Gasteiger partial charge on any atom is -0.466 e. The number of halogens is 1. The van der Waals surface area contributed by atoms with Crippen LogP contribution in [-0.4, -0.2) is 27.6 Å². The number of fused-ring (bicyclic) bond motifs is 1. The Bertz CT molecular complexity index is 888. The van der Waals surface area contributed by atoms with E-state index in [0.717, 1.165) is 30.7 Å². The van der Waals surface area contributed by atoms with Crippen LogP contribution in [0.3, 0.4) is 0 Å². The number of amides is 2. The molecule has 7 nitrogen and oxygen atoms in total. The zero-order chi connectivity index (χ0) is 20.3. The van der Waals surface area contributed by atoms with E-state index in [1.165, 1.54) is 18.3 Å². The quantitative estimate of drug-likeness (QED) is 0.636. The maximum absolute atomic E-state index is 12.8. The minimum absolute atomic E-state index is 0.324. The third-order valence-electron chi connectivity index (χ3n) is 4.78. The van der Waals surface area contributed by atoms with Crippen molar-refractivity contribution < 1.29 is 14.3 Å². The van der Waals surface area contributed by atoms with Gasteiger partial charge >= 0.3 is 0 Å². The number of benzene rings is 1. The first-order valence-corrected chi connectivity index (χ1v) is 10.5. The van der Waals surface area contributed by atoms with E-state index in [9.17, 15) is 9.59 Å². The van der Waals surface area contributed by atoms with Crippen LogP contribution in [0.15, 0.2) is 18.2 Å². The van der Waals surface area contributed by atoms with E-state index in [1.807, 2.05) is 0 Å². The molecule has 3 rings (SSSR count). The lowest BCUT2D eigenvalue weighted by atomic mass is 10.0. The molecule has 0 bridgehead atoms. The first kappa shape index (κ1) is 20.5. The molecule has 1 aromatic carbocycles. The van der Waals surface area contributed by atoms with Gasteiger partial charge in [0.25, 0.3) is 17.4 Å². The average Bonchev–Trinajstić information content (AvgIpc) is 3.12. The summed E-state index contributed by atoms with van der Waals surface area (Å²) in [6.07, 6.45) is 4.25. The van der Waals surface area contributed by atoms with Gasteiger partial charge in [-0.3, -0.25) is 14.9 Å². The molecule has 2 aromatic rings. The summed E-state index contributed by atoms with van der Waals surface area (Å²) in [5.74, 6) is -0.469. The van der Waals surface area contributed by atoms with Gasteiger partial charge in [-0.25, -0.2) is 0 Å². The highest BCUT2D eigenvalue weighted by Crippen LogP contribution is 2.36. The van der Waals surface area contributed by atoms with E-state index in [-0.39, 0.29) is 0 Å². The number of nitrogens with zero attached hydrogens (tertiary/aromatic N) is 2. The molecule has 2 atom stereocenters. The van der Waals surface area contributed by atoms with Crippen molar-refractivity contribution in [3.63, 3.8) is 0 Å². The van der Waals surface area contributed by atoms with Crippen LogP contribution in [-0.2, 0) is 9.59 Å². The van der Waals surface area contributed by atoms with Crippen molar-refractivity contribution in [2.24, 2.45) is 0 Å². The summed E-state index contributed by atoms with van der Waals surface area (Å²) in [6.45, 7) is 5.69. The Balaban J connectivity index is 1.74. The molecule has 1 aliphatic heterocycles. The second kappa shape index (κ2) is 8.45. The van der Waals surface area contributed by atoms with Crippen LogP contribution >= 0.6 is 22.9 Å². The van der Waals surface area contributed by atoms with Gasteiger partial charge in [0, 0.05) is 10.9 Å². The highest BCUT2D eigenvalue weighted by atomic mass is 35.5. The molecule has 0 radical (unpaired) electrons. The van der Waals surface area contributed by atoms with E-state index in [2.05, 4.69) is 34.7 Å². The molecular weight excluding hydrogens is 400 g/mol. The van der Waals surface area contributed by atoms with Crippen LogP contribution in [0.1, 0.15) is 57.4 Å². The normalized spacial score (nSPS) is 19.4. The second-order valence-corrected chi connectivity index (χ2v) is 8.32. The summed E-state index contributed by atoms with van der Waals surface area (Å²) >= 11 is 7.27. The van der Waals surface area contributed by atoms with Crippen LogP contribution in [0.25, 0.3) is 0 Å². The molecule has 0 aliphatic carbocycles. The van der Waals surface area contributed by atoms with E-state index in [0.29, 0.717) is 27.5 Å². The van der Waals surface area contributed by atoms with E-state index < -0.39 is 17.4 Å². The van der Waals surface area contributed by atoms with Gasteiger partial charge in [-0.05, 0) is 38.0 Å². The molecule has 2 N–H and O–H groups in total. The highest BCUT2D eigenvalue weighted by Gasteiger charge is 2.47. The Morgan fingerprint density at radius 2 is 2.18 bits per heavy atom. The number of ether oxygens (including phenoxy) is 1. The molecule has 9 heteroatoms. The summed E-state index contributed by atoms with van der Waals surface area (Å²) in [6, 6.07) is 4.82. The molecule has 150 valence electrons. The highest BCUT2D eigenvalue weighted by molar-refractivity contribution is 7.15. The minimum atomic E-state index is -1.72. The van der Waals surface area contributed by atoms with Crippen molar-refractivity contribution in [2.75, 3.05) is 10.6 Å². The van der Waals surface area contributed by atoms with Crippen molar-refractivity contribution in [1.29, 1.82) is 0 Å². The van der Waals surface area contributed by atoms with Crippen molar-refractivity contribution in [3.8, 4) is 5.75 Å². The fourth-order valence-corrected chi connectivity index (χ4v) is 4.09. The van der Waals surface area contributed by atoms with E-state index in [1.54, 1.807) is 18.2 Å². The average molecular weight is 423 g/mol. The third kappa shape index (κ3) is 4.12. The summed E-state index contributed by atoms with van der Waals surface area (Å²) in [5.41, 5.74) is -1.29. The van der Waals surface area contributed by atoms with Gasteiger partial charge in [0.05, 0.1) is 5.69 Å². The SMILES string of the molecule is CCCCC(CC)c1nnc(NC(=O)C2(C)Oc3ccc(Cl)cc3NC2=O)s1. The van der Waals surface area contributed by atoms with Crippen molar-refractivity contribution >= 4 is 45.6 Å². The molecule has 2 amide bonds. The summed E-state index contributed by atoms with van der Waals surface area (Å²) in [7, 11) is 0. The number of hydrogen-bond acceptors (Lipinski definition) is 6. The van der Waals surface area contributed by atoms with Gasteiger partial charge in [0.15, 0.2) is 0 Å². The number of nitrogens with one attached hydrogen (secondary N) is 2. The fourth-order valence-electron chi connectivity index (χ4n) is 2.97. The number of carbonyl (C=O) groups is 2. The standard InChI is InChI=1S/C19H23ClN4O3S/c1-4-6-7-11(5-2)15-23-24-18(28-15)22-17(26)19(3)16(25)21-13-10-12(20)8-9-14(13)27-19/h8-11H,4-7H2,1-3H3,(H,21,25)(H,22,24,26). The van der Waals surface area contributed by atoms with Crippen molar-refractivity contribution in [1.82, 2.24) is 10.2 Å².